The molecule has 0 spiro atoms. The molecule has 0 bridgehead atoms. The largest absolute Gasteiger partial charge is 0.344 e. The summed E-state index contributed by atoms with van der Waals surface area (Å²) in [4.78, 5) is 23.4. The molecule has 114 valence electrons. The van der Waals surface area contributed by atoms with Crippen LogP contribution in [0.15, 0.2) is 42.5 Å². The van der Waals surface area contributed by atoms with Gasteiger partial charge in [-0.15, -0.1) is 0 Å². The molecule has 22 heavy (non-hydrogen) atoms. The van der Waals surface area contributed by atoms with Gasteiger partial charge in [-0.05, 0) is 24.3 Å². The highest BCUT2D eigenvalue weighted by Gasteiger charge is 2.15. The van der Waals surface area contributed by atoms with Crippen LogP contribution in [0.3, 0.4) is 0 Å². The molecule has 7 heteroatoms. The summed E-state index contributed by atoms with van der Waals surface area (Å²) < 4.78 is 13.4. The number of hydrogen-bond acceptors (Lipinski definition) is 2. The molecule has 0 aliphatic carbocycles. The summed E-state index contributed by atoms with van der Waals surface area (Å²) in [7, 11) is 0. The Bertz CT molecular complexity index is 722. The molecule has 2 aromatic carbocycles. The Morgan fingerprint density at radius 3 is 2.45 bits per heavy atom. The van der Waals surface area contributed by atoms with Crippen molar-refractivity contribution in [3.8, 4) is 0 Å². The van der Waals surface area contributed by atoms with Crippen LogP contribution in [0, 0.1) is 5.82 Å². The van der Waals surface area contributed by atoms with Gasteiger partial charge in [0.05, 0.1) is 10.7 Å². The fraction of sp³-hybridized carbons (Fsp3) is 0.0667. The molecule has 2 aromatic rings. The molecule has 0 aliphatic rings. The van der Waals surface area contributed by atoms with Gasteiger partial charge in [-0.2, -0.15) is 0 Å². The van der Waals surface area contributed by atoms with E-state index in [2.05, 4.69) is 10.6 Å². The van der Waals surface area contributed by atoms with Crippen LogP contribution in [0.2, 0.25) is 10.0 Å². The van der Waals surface area contributed by atoms with Gasteiger partial charge in [0.25, 0.3) is 0 Å². The number of anilines is 1. The number of benzene rings is 2. The number of carbonyl (C=O) groups is 2. The minimum Gasteiger partial charge on any atom is -0.344 e. The molecule has 0 radical (unpaired) electrons. The zero-order valence-corrected chi connectivity index (χ0v) is 12.7. The van der Waals surface area contributed by atoms with Crippen molar-refractivity contribution < 1.29 is 14.0 Å². The van der Waals surface area contributed by atoms with E-state index in [0.29, 0.717) is 5.02 Å². The summed E-state index contributed by atoms with van der Waals surface area (Å²) in [5, 5.41) is 5.30. The number of rotatable bonds is 3. The van der Waals surface area contributed by atoms with E-state index >= 15 is 0 Å². The predicted octanol–water partition coefficient (Wildman–Crippen LogP) is 3.39. The van der Waals surface area contributed by atoms with Gasteiger partial charge in [-0.1, -0.05) is 41.4 Å². The molecule has 2 amide bonds. The van der Waals surface area contributed by atoms with Crippen molar-refractivity contribution >= 4 is 40.7 Å². The second-order valence-corrected chi connectivity index (χ2v) is 5.20. The quantitative estimate of drug-likeness (QED) is 0.841. The summed E-state index contributed by atoms with van der Waals surface area (Å²) in [6.45, 7) is -0.0900. The van der Waals surface area contributed by atoms with Crippen LogP contribution in [0.5, 0.6) is 0 Å². The van der Waals surface area contributed by atoms with Crippen molar-refractivity contribution in [3.63, 3.8) is 0 Å². The first-order chi connectivity index (χ1) is 10.5. The van der Waals surface area contributed by atoms with E-state index < -0.39 is 17.6 Å². The molecular formula is C15H11Cl2FN2O2. The lowest BCUT2D eigenvalue weighted by molar-refractivity contribution is -0.136. The topological polar surface area (TPSA) is 58.2 Å². The molecular weight excluding hydrogens is 330 g/mol. The Hall–Kier alpha value is -2.11. The van der Waals surface area contributed by atoms with Gasteiger partial charge < -0.3 is 10.6 Å². The standard InChI is InChI=1S/C15H11Cl2FN2O2/c16-10-5-6-13(11(17)7-10)20-15(22)14(21)19-8-9-3-1-2-4-12(9)18/h1-7H,8H2,(H,19,21)(H,20,22). The zero-order valence-electron chi connectivity index (χ0n) is 11.2. The Kier molecular flexibility index (Phi) is 5.35. The molecule has 0 saturated carbocycles. The molecule has 0 saturated heterocycles. The Morgan fingerprint density at radius 2 is 1.77 bits per heavy atom. The Labute approximate surface area is 136 Å². The zero-order chi connectivity index (χ0) is 16.1. The van der Waals surface area contributed by atoms with E-state index in [0.717, 1.165) is 0 Å². The highest BCUT2D eigenvalue weighted by Crippen LogP contribution is 2.25. The smallest absolute Gasteiger partial charge is 0.313 e. The van der Waals surface area contributed by atoms with Gasteiger partial charge in [0.2, 0.25) is 0 Å². The Morgan fingerprint density at radius 1 is 1.05 bits per heavy atom. The van der Waals surface area contributed by atoms with E-state index in [9.17, 15) is 14.0 Å². The lowest BCUT2D eigenvalue weighted by Gasteiger charge is -2.08. The maximum Gasteiger partial charge on any atom is 0.313 e. The van der Waals surface area contributed by atoms with E-state index in [4.69, 9.17) is 23.2 Å². The number of hydrogen-bond donors (Lipinski definition) is 2. The molecule has 0 unspecified atom stereocenters. The second-order valence-electron chi connectivity index (χ2n) is 4.35. The van der Waals surface area contributed by atoms with Gasteiger partial charge in [0.15, 0.2) is 0 Å². The van der Waals surface area contributed by atoms with Gasteiger partial charge >= 0.3 is 11.8 Å². The molecule has 4 nitrogen and oxygen atoms in total. The summed E-state index contributed by atoms with van der Waals surface area (Å²) in [5.74, 6) is -2.25. The average molecular weight is 341 g/mol. The maximum atomic E-state index is 13.4. The van der Waals surface area contributed by atoms with Crippen molar-refractivity contribution in [2.24, 2.45) is 0 Å². The minimum atomic E-state index is -0.902. The summed E-state index contributed by atoms with van der Waals surface area (Å²) >= 11 is 11.6. The second kappa shape index (κ2) is 7.24. The monoisotopic (exact) mass is 340 g/mol. The SMILES string of the molecule is O=C(NCc1ccccc1F)C(=O)Nc1ccc(Cl)cc1Cl. The molecule has 0 aromatic heterocycles. The fourth-order valence-corrected chi connectivity index (χ4v) is 2.12. The number of nitrogens with one attached hydrogen (secondary N) is 2. The minimum absolute atomic E-state index is 0.0900. The van der Waals surface area contributed by atoms with E-state index in [1.165, 1.54) is 36.4 Å². The third-order valence-corrected chi connectivity index (χ3v) is 3.33. The highest BCUT2D eigenvalue weighted by molar-refractivity contribution is 6.42. The van der Waals surface area contributed by atoms with Gasteiger partial charge in [-0.25, -0.2) is 4.39 Å². The summed E-state index contributed by atoms with van der Waals surface area (Å²) in [5.41, 5.74) is 0.547. The maximum absolute atomic E-state index is 13.4. The van der Waals surface area contributed by atoms with Crippen LogP contribution in [-0.2, 0) is 16.1 Å². The number of amides is 2. The first-order valence-corrected chi connectivity index (χ1v) is 7.00. The van der Waals surface area contributed by atoms with Gasteiger partial charge in [-0.3, -0.25) is 9.59 Å². The van der Waals surface area contributed by atoms with Crippen LogP contribution in [0.25, 0.3) is 0 Å². The normalized spacial score (nSPS) is 10.1. The van der Waals surface area contributed by atoms with Gasteiger partial charge in [0, 0.05) is 17.1 Å². The van der Waals surface area contributed by atoms with Crippen molar-refractivity contribution in [3.05, 3.63) is 63.9 Å². The van der Waals surface area contributed by atoms with E-state index in [1.54, 1.807) is 6.07 Å². The average Bonchev–Trinajstić information content (AvgIpc) is 2.49. The third-order valence-electron chi connectivity index (χ3n) is 2.78. The lowest BCUT2D eigenvalue weighted by atomic mass is 10.2. The first kappa shape index (κ1) is 16.3. The van der Waals surface area contributed by atoms with Crippen LogP contribution in [0.1, 0.15) is 5.56 Å². The van der Waals surface area contributed by atoms with Crippen LogP contribution in [0.4, 0.5) is 10.1 Å². The lowest BCUT2D eigenvalue weighted by Crippen LogP contribution is -2.35. The van der Waals surface area contributed by atoms with Crippen LogP contribution >= 0.6 is 23.2 Å². The van der Waals surface area contributed by atoms with Gasteiger partial charge in [0.1, 0.15) is 5.82 Å². The summed E-state index contributed by atoms with van der Waals surface area (Å²) in [6, 6.07) is 10.4. The fourth-order valence-electron chi connectivity index (χ4n) is 1.67. The van der Waals surface area contributed by atoms with Crippen molar-refractivity contribution in [2.75, 3.05) is 5.32 Å². The molecule has 0 aliphatic heterocycles. The molecule has 2 rings (SSSR count). The van der Waals surface area contributed by atoms with E-state index in [-0.39, 0.29) is 22.8 Å². The molecule has 2 N–H and O–H groups in total. The highest BCUT2D eigenvalue weighted by atomic mass is 35.5. The Balaban J connectivity index is 1.95. The summed E-state index contributed by atoms with van der Waals surface area (Å²) in [6.07, 6.45) is 0. The molecule has 0 atom stereocenters. The van der Waals surface area contributed by atoms with Crippen molar-refractivity contribution in [2.45, 2.75) is 6.54 Å². The van der Waals surface area contributed by atoms with E-state index in [1.807, 2.05) is 0 Å². The number of carbonyl (C=O) groups excluding carboxylic acids is 2. The van der Waals surface area contributed by atoms with Crippen LogP contribution in [-0.4, -0.2) is 11.8 Å². The molecule has 0 heterocycles. The molecule has 0 fully saturated rings. The first-order valence-electron chi connectivity index (χ1n) is 6.25. The van der Waals surface area contributed by atoms with Crippen molar-refractivity contribution in [1.29, 1.82) is 0 Å². The van der Waals surface area contributed by atoms with Crippen molar-refractivity contribution in [1.82, 2.24) is 5.32 Å². The predicted molar refractivity (Wildman–Crippen MR) is 83.3 cm³/mol. The van der Waals surface area contributed by atoms with Crippen LogP contribution < -0.4 is 10.6 Å². The third kappa shape index (κ3) is 4.19. The number of halogens is 3.